The fraction of sp³-hybridized carbons (Fsp3) is 0. The predicted molar refractivity (Wildman–Crippen MR) is 484 cm³/mol. The zero-order valence-electron chi connectivity index (χ0n) is 63.0. The summed E-state index contributed by atoms with van der Waals surface area (Å²) in [4.78, 5) is 58.6. The first-order chi connectivity index (χ1) is 57.9. The molecule has 6 heterocycles. The molecule has 6 aromatic heterocycles. The van der Waals surface area contributed by atoms with Crippen LogP contribution in [0.5, 0.6) is 0 Å². The Labute approximate surface area is 670 Å². The lowest BCUT2D eigenvalue weighted by molar-refractivity contribution is 1.19. The van der Waals surface area contributed by atoms with E-state index in [4.69, 9.17) is 15.0 Å². The summed E-state index contributed by atoms with van der Waals surface area (Å²) in [6, 6.07) is 136. The van der Waals surface area contributed by atoms with Gasteiger partial charge in [-0.2, -0.15) is 0 Å². The largest absolute Gasteiger partial charge is 0.268 e. The maximum atomic E-state index is 14.4. The molecule has 24 rings (SSSR count). The van der Waals surface area contributed by atoms with Gasteiger partial charge in [0.2, 0.25) is 0 Å². The minimum Gasteiger partial charge on any atom is -0.268 e. The molecule has 0 aliphatic rings. The van der Waals surface area contributed by atoms with Crippen molar-refractivity contribution in [3.8, 4) is 100 Å². The SMILES string of the molecule is O=c1c2ccc(-c3ccccc3)c3cccc(c32)c2nc3c(-c4ccccc4)ccc(-c4ccccc4)c3n12.O=c1c2ccc(-c3ccccc3)c3cccc(c32)c2nc3cc(-c4ccccc4)cc(-c4ccccc4)c3n12.O=c1c2cccc3c(-c4ccccc4)ccc(c32)c2nc3c(-c4ccccc4)ccc(-c4ccccc4)c3n12. The van der Waals surface area contributed by atoms with Crippen molar-refractivity contribution in [3.05, 3.63) is 431 Å². The van der Waals surface area contributed by atoms with Gasteiger partial charge in [-0.3, -0.25) is 27.6 Å². The summed E-state index contributed by atoms with van der Waals surface area (Å²) in [7, 11) is 0. The molecule has 18 aromatic carbocycles. The minimum absolute atomic E-state index is 0.0412. The number of pyridine rings is 3. The highest BCUT2D eigenvalue weighted by Crippen LogP contribution is 2.45. The molecule has 546 valence electrons. The Morgan fingerprint density at radius 3 is 0.778 bits per heavy atom. The van der Waals surface area contributed by atoms with Crippen LogP contribution in [0.2, 0.25) is 0 Å². The summed E-state index contributed by atoms with van der Waals surface area (Å²) in [5, 5.41) is 11.2. The van der Waals surface area contributed by atoms with Gasteiger partial charge in [0.1, 0.15) is 16.9 Å². The standard InChI is InChI=1S/3C36H22N2O/c39-36-31-18-10-17-29-26(23-11-4-1-5-12-23)19-22-30(32(29)31)35-37-33-27(24-13-6-2-7-14-24)20-21-28(34(33)38(35)36)25-15-8-3-9-16-25;39-36-31-22-19-26(23-11-4-1-5-12-23)29-17-10-18-30(32(29)31)35-37-33-27(24-13-6-2-7-14-24)20-21-28(34(33)38(35)36)25-15-8-3-9-16-25;39-36-30-20-19-27(24-13-6-2-7-14-24)28-17-10-18-29(33(28)30)35-37-32-22-26(23-11-4-1-5-12-23)21-31(34(32)38(35)36)25-15-8-3-9-16-25/h3*1-22H. The number of nitrogens with zero attached hydrogens (tertiary/aromatic N) is 6. The van der Waals surface area contributed by atoms with Gasteiger partial charge in [0.25, 0.3) is 16.7 Å². The van der Waals surface area contributed by atoms with Crippen LogP contribution < -0.4 is 16.7 Å². The van der Waals surface area contributed by atoms with Gasteiger partial charge >= 0.3 is 0 Å². The van der Waals surface area contributed by atoms with Crippen LogP contribution >= 0.6 is 0 Å². The minimum atomic E-state index is -0.0433. The second kappa shape index (κ2) is 27.8. The number of imidazole rings is 3. The van der Waals surface area contributed by atoms with Crippen LogP contribution in [-0.4, -0.2) is 28.2 Å². The highest BCUT2D eigenvalue weighted by atomic mass is 16.1. The molecule has 24 aromatic rings. The van der Waals surface area contributed by atoms with Gasteiger partial charge in [-0.15, -0.1) is 0 Å². The highest BCUT2D eigenvalue weighted by Gasteiger charge is 2.27. The van der Waals surface area contributed by atoms with E-state index < -0.39 is 0 Å². The number of benzene rings is 18. The average Bonchev–Trinajstić information content (AvgIpc) is 1.62. The Morgan fingerprint density at radius 2 is 0.419 bits per heavy atom. The third-order valence-electron chi connectivity index (χ3n) is 23.3. The zero-order chi connectivity index (χ0) is 77.8. The molecule has 0 amide bonds. The molecule has 9 heteroatoms. The van der Waals surface area contributed by atoms with Gasteiger partial charge in [0, 0.05) is 76.3 Å². The van der Waals surface area contributed by atoms with Crippen LogP contribution in [0.4, 0.5) is 0 Å². The van der Waals surface area contributed by atoms with Crippen molar-refractivity contribution in [3.63, 3.8) is 0 Å². The third kappa shape index (κ3) is 11.1. The highest BCUT2D eigenvalue weighted by molar-refractivity contribution is 6.23. The molecular weight excluding hydrogens is 1430 g/mol. The quantitative estimate of drug-likeness (QED) is 0.143. The molecule has 0 aliphatic carbocycles. The smallest absolute Gasteiger partial charge is 0.264 e. The first kappa shape index (κ1) is 68.0. The summed E-state index contributed by atoms with van der Waals surface area (Å²) < 4.78 is 5.50. The van der Waals surface area contributed by atoms with E-state index in [1.807, 2.05) is 201 Å². The number of hydrogen-bond acceptors (Lipinski definition) is 6. The van der Waals surface area contributed by atoms with E-state index in [0.717, 1.165) is 182 Å². The summed E-state index contributed by atoms with van der Waals surface area (Å²) >= 11 is 0. The first-order valence-corrected chi connectivity index (χ1v) is 39.4. The number of fused-ring (bicyclic) bond motifs is 12. The molecule has 0 N–H and O–H groups in total. The lowest BCUT2D eigenvalue weighted by Gasteiger charge is -2.12. The second-order valence-electron chi connectivity index (χ2n) is 29.8. The summed E-state index contributed by atoms with van der Waals surface area (Å²) in [6.07, 6.45) is 0. The van der Waals surface area contributed by atoms with Gasteiger partial charge in [0.05, 0.1) is 33.1 Å². The monoisotopic (exact) mass is 1490 g/mol. The van der Waals surface area contributed by atoms with Gasteiger partial charge in [-0.25, -0.2) is 15.0 Å². The molecule has 0 radical (unpaired) electrons. The molecule has 0 atom stereocenters. The molecular formula is C108H66N6O3. The summed E-state index contributed by atoms with van der Waals surface area (Å²) in [6.45, 7) is 0. The molecule has 0 unspecified atom stereocenters. The fourth-order valence-corrected chi connectivity index (χ4v) is 18.0. The Bertz CT molecular complexity index is 7920. The predicted octanol–water partition coefficient (Wildman–Crippen LogP) is 25.8. The topological polar surface area (TPSA) is 103 Å². The Kier molecular flexibility index (Phi) is 16.2. The lowest BCUT2D eigenvalue weighted by Crippen LogP contribution is -2.13. The van der Waals surface area contributed by atoms with E-state index in [0.29, 0.717) is 33.1 Å². The molecule has 0 fully saturated rings. The maximum Gasteiger partial charge on any atom is 0.264 e. The van der Waals surface area contributed by atoms with Crippen molar-refractivity contribution in [2.45, 2.75) is 0 Å². The average molecular weight is 1500 g/mol. The number of rotatable bonds is 9. The van der Waals surface area contributed by atoms with E-state index in [1.54, 1.807) is 0 Å². The Morgan fingerprint density at radius 1 is 0.171 bits per heavy atom. The van der Waals surface area contributed by atoms with Gasteiger partial charge in [-0.1, -0.05) is 364 Å². The van der Waals surface area contributed by atoms with Crippen molar-refractivity contribution in [2.24, 2.45) is 0 Å². The maximum absolute atomic E-state index is 14.4. The van der Waals surface area contributed by atoms with Crippen molar-refractivity contribution >= 4 is 115 Å². The van der Waals surface area contributed by atoms with Crippen LogP contribution in [-0.2, 0) is 0 Å². The molecule has 0 aliphatic heterocycles. The van der Waals surface area contributed by atoms with Crippen LogP contribution in [0.15, 0.2) is 415 Å². The molecule has 0 saturated carbocycles. The normalized spacial score (nSPS) is 11.7. The zero-order valence-corrected chi connectivity index (χ0v) is 63.0. The summed E-state index contributed by atoms with van der Waals surface area (Å²) in [5.74, 6) is 0. The van der Waals surface area contributed by atoms with Gasteiger partial charge in [0.15, 0.2) is 0 Å². The van der Waals surface area contributed by atoms with Crippen LogP contribution in [0.3, 0.4) is 0 Å². The lowest BCUT2D eigenvalue weighted by atomic mass is 9.94. The second-order valence-corrected chi connectivity index (χ2v) is 29.8. The van der Waals surface area contributed by atoms with E-state index in [2.05, 4.69) is 212 Å². The molecule has 0 bridgehead atoms. The van der Waals surface area contributed by atoms with Crippen molar-refractivity contribution < 1.29 is 0 Å². The van der Waals surface area contributed by atoms with E-state index in [1.165, 1.54) is 0 Å². The van der Waals surface area contributed by atoms with Gasteiger partial charge in [-0.05, 0) is 125 Å². The van der Waals surface area contributed by atoms with Crippen LogP contribution in [0.25, 0.3) is 215 Å². The molecule has 0 spiro atoms. The van der Waals surface area contributed by atoms with Crippen molar-refractivity contribution in [1.29, 1.82) is 0 Å². The molecule has 0 saturated heterocycles. The number of aromatic nitrogens is 6. The Balaban J connectivity index is 0.000000106. The molecule has 117 heavy (non-hydrogen) atoms. The van der Waals surface area contributed by atoms with Crippen LogP contribution in [0.1, 0.15) is 0 Å². The van der Waals surface area contributed by atoms with E-state index in [-0.39, 0.29) is 16.7 Å². The first-order valence-electron chi connectivity index (χ1n) is 39.4. The summed E-state index contributed by atoms with van der Waals surface area (Å²) in [5.41, 5.74) is 26.2. The molecule has 9 nitrogen and oxygen atoms in total. The fourth-order valence-electron chi connectivity index (χ4n) is 18.0. The van der Waals surface area contributed by atoms with Crippen molar-refractivity contribution in [1.82, 2.24) is 28.2 Å². The van der Waals surface area contributed by atoms with Gasteiger partial charge < -0.3 is 0 Å². The Hall–Kier alpha value is -15.8. The van der Waals surface area contributed by atoms with E-state index >= 15 is 0 Å². The van der Waals surface area contributed by atoms with Crippen LogP contribution in [0, 0.1) is 0 Å². The van der Waals surface area contributed by atoms with E-state index in [9.17, 15) is 14.4 Å². The third-order valence-corrected chi connectivity index (χ3v) is 23.3. The van der Waals surface area contributed by atoms with Crippen molar-refractivity contribution in [2.75, 3.05) is 0 Å². The number of hydrogen-bond donors (Lipinski definition) is 0.